The lowest BCUT2D eigenvalue weighted by atomic mass is 9.98. The first kappa shape index (κ1) is 28.8. The molecule has 4 aromatic rings. The summed E-state index contributed by atoms with van der Waals surface area (Å²) < 4.78 is 0. The van der Waals surface area contributed by atoms with Gasteiger partial charge in [0.25, 0.3) is 11.8 Å². The van der Waals surface area contributed by atoms with E-state index in [9.17, 15) is 9.59 Å². The molecule has 0 bridgehead atoms. The molecule has 0 unspecified atom stereocenters. The van der Waals surface area contributed by atoms with Gasteiger partial charge in [0.05, 0.1) is 17.3 Å². The molecule has 0 saturated carbocycles. The highest BCUT2D eigenvalue weighted by Crippen LogP contribution is 2.38. The number of amides is 2. The monoisotopic (exact) mass is 559 g/mol. The Morgan fingerprint density at radius 1 is 0.881 bits per heavy atom. The van der Waals surface area contributed by atoms with Gasteiger partial charge >= 0.3 is 0 Å². The highest BCUT2D eigenvalue weighted by molar-refractivity contribution is 6.37. The van der Waals surface area contributed by atoms with Crippen LogP contribution in [0.5, 0.6) is 0 Å². The molecular formula is C35H37N5O2. The molecule has 2 heterocycles. The van der Waals surface area contributed by atoms with Crippen LogP contribution in [0.3, 0.4) is 0 Å². The SMILES string of the molecule is CC[C@@H](NC(=O)c1ccc2c(c1)C(=C(Nc1ccc(CN(CC)CC)cc1)c1ccncc1)C(=O)N2)c1ccccc1. The zero-order valence-corrected chi connectivity index (χ0v) is 24.4. The van der Waals surface area contributed by atoms with Crippen molar-refractivity contribution in [2.75, 3.05) is 23.7 Å². The third-order valence-corrected chi connectivity index (χ3v) is 7.68. The highest BCUT2D eigenvalue weighted by atomic mass is 16.2. The molecule has 214 valence electrons. The van der Waals surface area contributed by atoms with Gasteiger partial charge in [-0.3, -0.25) is 19.5 Å². The quantitative estimate of drug-likeness (QED) is 0.177. The van der Waals surface area contributed by atoms with Gasteiger partial charge in [0, 0.05) is 47.0 Å². The summed E-state index contributed by atoms with van der Waals surface area (Å²) in [6, 6.07) is 27.2. The topological polar surface area (TPSA) is 86.4 Å². The lowest BCUT2D eigenvalue weighted by Gasteiger charge is -2.19. The zero-order chi connectivity index (χ0) is 29.5. The number of nitrogens with zero attached hydrogens (tertiary/aromatic N) is 2. The summed E-state index contributed by atoms with van der Waals surface area (Å²) in [6.45, 7) is 9.25. The van der Waals surface area contributed by atoms with Crippen molar-refractivity contribution in [2.24, 2.45) is 0 Å². The Labute approximate surface area is 247 Å². The van der Waals surface area contributed by atoms with E-state index >= 15 is 0 Å². The fraction of sp³-hybridized carbons (Fsp3) is 0.229. The van der Waals surface area contributed by atoms with Crippen LogP contribution >= 0.6 is 0 Å². The average Bonchev–Trinajstić information content (AvgIpc) is 3.37. The minimum Gasteiger partial charge on any atom is -0.354 e. The lowest BCUT2D eigenvalue weighted by Crippen LogP contribution is -2.28. The predicted octanol–water partition coefficient (Wildman–Crippen LogP) is 6.74. The molecule has 7 heteroatoms. The van der Waals surface area contributed by atoms with E-state index in [0.717, 1.165) is 42.9 Å². The van der Waals surface area contributed by atoms with Gasteiger partial charge < -0.3 is 16.0 Å². The second-order valence-corrected chi connectivity index (χ2v) is 10.3. The van der Waals surface area contributed by atoms with Crippen LogP contribution in [-0.2, 0) is 11.3 Å². The first-order valence-electron chi connectivity index (χ1n) is 14.5. The molecule has 0 fully saturated rings. The summed E-state index contributed by atoms with van der Waals surface area (Å²) in [5.74, 6) is -0.412. The average molecular weight is 560 g/mol. The van der Waals surface area contributed by atoms with Crippen molar-refractivity contribution >= 4 is 34.5 Å². The molecule has 0 aliphatic carbocycles. The number of anilines is 2. The molecule has 42 heavy (non-hydrogen) atoms. The van der Waals surface area contributed by atoms with E-state index in [4.69, 9.17) is 0 Å². The van der Waals surface area contributed by atoms with Crippen molar-refractivity contribution in [3.8, 4) is 0 Å². The van der Waals surface area contributed by atoms with Gasteiger partial charge in [-0.1, -0.05) is 63.2 Å². The smallest absolute Gasteiger partial charge is 0.258 e. The molecule has 0 spiro atoms. The van der Waals surface area contributed by atoms with Gasteiger partial charge in [-0.2, -0.15) is 0 Å². The molecule has 1 atom stereocenters. The third kappa shape index (κ3) is 6.42. The number of carbonyl (C=O) groups is 2. The number of nitrogens with one attached hydrogen (secondary N) is 3. The fourth-order valence-corrected chi connectivity index (χ4v) is 5.25. The van der Waals surface area contributed by atoms with Crippen molar-refractivity contribution in [3.63, 3.8) is 0 Å². The van der Waals surface area contributed by atoms with Crippen molar-refractivity contribution in [1.82, 2.24) is 15.2 Å². The van der Waals surface area contributed by atoms with Crippen LogP contribution in [0.2, 0.25) is 0 Å². The Bertz CT molecular complexity index is 1560. The molecule has 1 aliphatic heterocycles. The maximum absolute atomic E-state index is 13.4. The van der Waals surface area contributed by atoms with E-state index in [1.807, 2.05) is 61.5 Å². The molecular weight excluding hydrogens is 522 g/mol. The van der Waals surface area contributed by atoms with Crippen LogP contribution in [0.15, 0.2) is 97.3 Å². The minimum absolute atomic E-state index is 0.111. The number of aromatic nitrogens is 1. The standard InChI is InChI=1S/C35H37N5O2/c1-4-30(25-10-8-7-9-11-25)38-34(41)27-14-17-31-29(22-27)32(35(42)39-31)33(26-18-20-36-21-19-26)37-28-15-12-24(13-16-28)23-40(5-2)6-3/h7-22,30,37H,4-6,23H2,1-3H3,(H,38,41)(H,39,42)/t30-/m1/s1. The van der Waals surface area contributed by atoms with Crippen LogP contribution in [0, 0.1) is 0 Å². The number of hydrogen-bond donors (Lipinski definition) is 3. The summed E-state index contributed by atoms with van der Waals surface area (Å²) in [5, 5.41) is 9.64. The van der Waals surface area contributed by atoms with E-state index in [-0.39, 0.29) is 17.9 Å². The van der Waals surface area contributed by atoms with Crippen LogP contribution in [0.1, 0.15) is 65.8 Å². The van der Waals surface area contributed by atoms with E-state index in [0.29, 0.717) is 28.1 Å². The van der Waals surface area contributed by atoms with Crippen LogP contribution in [0.25, 0.3) is 11.3 Å². The highest BCUT2D eigenvalue weighted by Gasteiger charge is 2.30. The fourth-order valence-electron chi connectivity index (χ4n) is 5.25. The van der Waals surface area contributed by atoms with Gasteiger partial charge in [-0.15, -0.1) is 0 Å². The maximum atomic E-state index is 13.4. The van der Waals surface area contributed by atoms with Gasteiger partial charge in [0.2, 0.25) is 0 Å². The molecule has 7 nitrogen and oxygen atoms in total. The largest absolute Gasteiger partial charge is 0.354 e. The van der Waals surface area contributed by atoms with Gasteiger partial charge in [0.15, 0.2) is 0 Å². The Balaban J connectivity index is 1.49. The first-order valence-corrected chi connectivity index (χ1v) is 14.5. The molecule has 0 radical (unpaired) electrons. The summed E-state index contributed by atoms with van der Waals surface area (Å²) in [5.41, 5.74) is 6.93. The molecule has 5 rings (SSSR count). The Hall–Kier alpha value is -4.75. The Morgan fingerprint density at radius 2 is 1.60 bits per heavy atom. The zero-order valence-electron chi connectivity index (χ0n) is 24.4. The van der Waals surface area contributed by atoms with Crippen molar-refractivity contribution in [1.29, 1.82) is 0 Å². The Morgan fingerprint density at radius 3 is 2.26 bits per heavy atom. The van der Waals surface area contributed by atoms with Crippen LogP contribution in [-0.4, -0.2) is 34.8 Å². The van der Waals surface area contributed by atoms with Crippen molar-refractivity contribution in [3.05, 3.63) is 125 Å². The summed E-state index contributed by atoms with van der Waals surface area (Å²) in [4.78, 5) is 33.4. The van der Waals surface area contributed by atoms with Gasteiger partial charge in [-0.05, 0) is 73.1 Å². The summed E-state index contributed by atoms with van der Waals surface area (Å²) in [7, 11) is 0. The van der Waals surface area contributed by atoms with Gasteiger partial charge in [-0.25, -0.2) is 0 Å². The van der Waals surface area contributed by atoms with Crippen LogP contribution < -0.4 is 16.0 Å². The summed E-state index contributed by atoms with van der Waals surface area (Å²) in [6.07, 6.45) is 4.17. The van der Waals surface area contributed by atoms with Gasteiger partial charge in [0.1, 0.15) is 0 Å². The number of rotatable bonds is 11. The number of benzene rings is 3. The number of fused-ring (bicyclic) bond motifs is 1. The number of hydrogen-bond acceptors (Lipinski definition) is 5. The molecule has 1 aromatic heterocycles. The molecule has 2 amide bonds. The minimum atomic E-state index is -0.226. The number of carbonyl (C=O) groups excluding carboxylic acids is 2. The Kier molecular flexibility index (Phi) is 9.09. The van der Waals surface area contributed by atoms with E-state index in [1.165, 1.54) is 5.56 Å². The van der Waals surface area contributed by atoms with E-state index in [1.54, 1.807) is 30.6 Å². The molecule has 3 N–H and O–H groups in total. The second-order valence-electron chi connectivity index (χ2n) is 10.3. The molecule has 3 aromatic carbocycles. The number of pyridine rings is 1. The lowest BCUT2D eigenvalue weighted by molar-refractivity contribution is -0.110. The predicted molar refractivity (Wildman–Crippen MR) is 170 cm³/mol. The molecule has 0 saturated heterocycles. The summed E-state index contributed by atoms with van der Waals surface area (Å²) >= 11 is 0. The third-order valence-electron chi connectivity index (χ3n) is 7.68. The second kappa shape index (κ2) is 13.3. The van der Waals surface area contributed by atoms with Crippen molar-refractivity contribution in [2.45, 2.75) is 39.8 Å². The first-order chi connectivity index (χ1) is 20.5. The van der Waals surface area contributed by atoms with E-state index in [2.05, 4.69) is 51.8 Å². The van der Waals surface area contributed by atoms with E-state index < -0.39 is 0 Å². The maximum Gasteiger partial charge on any atom is 0.258 e. The molecule has 1 aliphatic rings. The van der Waals surface area contributed by atoms with Crippen molar-refractivity contribution < 1.29 is 9.59 Å². The normalized spacial score (nSPS) is 14.2. The van der Waals surface area contributed by atoms with Crippen LogP contribution in [0.4, 0.5) is 11.4 Å².